The van der Waals surface area contributed by atoms with Gasteiger partial charge in [-0.25, -0.2) is 0 Å². The van der Waals surface area contributed by atoms with E-state index in [1.807, 2.05) is 0 Å². The number of nitrogens with one attached hydrogen (secondary N) is 1. The predicted molar refractivity (Wildman–Crippen MR) is 67.7 cm³/mol. The summed E-state index contributed by atoms with van der Waals surface area (Å²) in [5, 5.41) is 3.30. The summed E-state index contributed by atoms with van der Waals surface area (Å²) < 4.78 is 5.14. The molecule has 0 heterocycles. The number of likely N-dealkylation sites (N-methyl/N-ethyl adjacent to an activating group) is 1. The lowest BCUT2D eigenvalue weighted by Crippen LogP contribution is -2.52. The van der Waals surface area contributed by atoms with E-state index in [1.165, 1.54) is 0 Å². The first kappa shape index (κ1) is 14.4. The van der Waals surface area contributed by atoms with Crippen LogP contribution in [0.15, 0.2) is 0 Å². The van der Waals surface area contributed by atoms with Crippen molar-refractivity contribution in [3.05, 3.63) is 0 Å². The molecule has 5 nitrogen and oxygen atoms in total. The minimum absolute atomic E-state index is 0.248. The van der Waals surface area contributed by atoms with Crippen molar-refractivity contribution in [1.82, 2.24) is 10.2 Å². The molecule has 0 aromatic rings. The van der Waals surface area contributed by atoms with E-state index in [-0.39, 0.29) is 11.9 Å². The third kappa shape index (κ3) is 5.02. The van der Waals surface area contributed by atoms with Crippen molar-refractivity contribution in [2.45, 2.75) is 44.8 Å². The molecular weight excluding hydrogens is 218 g/mol. The molecule has 1 aliphatic carbocycles. The third-order valence-corrected chi connectivity index (χ3v) is 3.21. The summed E-state index contributed by atoms with van der Waals surface area (Å²) in [6.07, 6.45) is 2.31. The Morgan fingerprint density at radius 2 is 2.24 bits per heavy atom. The summed E-state index contributed by atoms with van der Waals surface area (Å²) in [4.78, 5) is 13.6. The number of hydrogen-bond acceptors (Lipinski definition) is 4. The maximum absolute atomic E-state index is 11.4. The third-order valence-electron chi connectivity index (χ3n) is 3.21. The maximum atomic E-state index is 11.4. The maximum Gasteiger partial charge on any atom is 0.235 e. The molecule has 17 heavy (non-hydrogen) atoms. The molecule has 1 fully saturated rings. The summed E-state index contributed by atoms with van der Waals surface area (Å²) in [5.41, 5.74) is 5.43. The number of hydrogen-bond donors (Lipinski definition) is 2. The van der Waals surface area contributed by atoms with E-state index in [9.17, 15) is 4.79 Å². The van der Waals surface area contributed by atoms with Crippen LogP contribution in [0.25, 0.3) is 0 Å². The fourth-order valence-electron chi connectivity index (χ4n) is 1.96. The Kier molecular flexibility index (Phi) is 5.88. The van der Waals surface area contributed by atoms with Gasteiger partial charge in [0.2, 0.25) is 5.91 Å². The van der Waals surface area contributed by atoms with Crippen LogP contribution in [0.1, 0.15) is 26.7 Å². The zero-order valence-electron chi connectivity index (χ0n) is 11.1. The van der Waals surface area contributed by atoms with Gasteiger partial charge in [-0.2, -0.15) is 0 Å². The van der Waals surface area contributed by atoms with Gasteiger partial charge in [-0.15, -0.1) is 0 Å². The summed E-state index contributed by atoms with van der Waals surface area (Å²) in [6, 6.07) is 0.540. The monoisotopic (exact) mass is 243 g/mol. The Morgan fingerprint density at radius 1 is 1.59 bits per heavy atom. The summed E-state index contributed by atoms with van der Waals surface area (Å²) in [7, 11) is 1.69. The SMILES string of the molecule is CCN(CC(NC1CC1)C(N)=O)C(C)COC. The van der Waals surface area contributed by atoms with Crippen LogP contribution in [-0.4, -0.2) is 55.7 Å². The molecule has 3 N–H and O–H groups in total. The van der Waals surface area contributed by atoms with E-state index in [1.54, 1.807) is 7.11 Å². The number of ether oxygens (including phenoxy) is 1. The molecule has 0 aromatic carbocycles. The van der Waals surface area contributed by atoms with Crippen molar-refractivity contribution >= 4 is 5.91 Å². The minimum atomic E-state index is -0.264. The van der Waals surface area contributed by atoms with Crippen molar-refractivity contribution in [2.75, 3.05) is 26.8 Å². The molecule has 0 bridgehead atoms. The van der Waals surface area contributed by atoms with Crippen LogP contribution in [0.3, 0.4) is 0 Å². The van der Waals surface area contributed by atoms with Crippen LogP contribution < -0.4 is 11.1 Å². The molecule has 0 spiro atoms. The molecule has 1 amide bonds. The number of carbonyl (C=O) groups is 1. The number of carbonyl (C=O) groups excluding carboxylic acids is 1. The van der Waals surface area contributed by atoms with E-state index in [4.69, 9.17) is 10.5 Å². The second-order valence-electron chi connectivity index (χ2n) is 4.79. The number of nitrogens with zero attached hydrogens (tertiary/aromatic N) is 1. The number of nitrogens with two attached hydrogens (primary N) is 1. The Hall–Kier alpha value is -0.650. The normalized spacial score (nSPS) is 19.3. The topological polar surface area (TPSA) is 67.6 Å². The Bertz CT molecular complexity index is 244. The summed E-state index contributed by atoms with van der Waals surface area (Å²) >= 11 is 0. The van der Waals surface area contributed by atoms with Crippen molar-refractivity contribution < 1.29 is 9.53 Å². The highest BCUT2D eigenvalue weighted by atomic mass is 16.5. The predicted octanol–water partition coefficient (Wildman–Crippen LogP) is -0.0509. The van der Waals surface area contributed by atoms with Crippen LogP contribution in [0.4, 0.5) is 0 Å². The molecule has 1 aliphatic rings. The first-order valence-electron chi connectivity index (χ1n) is 6.36. The zero-order valence-corrected chi connectivity index (χ0v) is 11.1. The molecule has 5 heteroatoms. The summed E-state index contributed by atoms with van der Waals surface area (Å²) in [6.45, 7) is 6.40. The molecule has 100 valence electrons. The van der Waals surface area contributed by atoms with Gasteiger partial charge in [0.25, 0.3) is 0 Å². The molecule has 0 aromatic heterocycles. The zero-order chi connectivity index (χ0) is 12.8. The van der Waals surface area contributed by atoms with E-state index >= 15 is 0 Å². The Labute approximate surface area is 104 Å². The second kappa shape index (κ2) is 6.93. The quantitative estimate of drug-likeness (QED) is 0.596. The number of methoxy groups -OCH3 is 1. The molecule has 1 saturated carbocycles. The minimum Gasteiger partial charge on any atom is -0.383 e. The molecular formula is C12H25N3O2. The van der Waals surface area contributed by atoms with Crippen LogP contribution >= 0.6 is 0 Å². The van der Waals surface area contributed by atoms with Crippen LogP contribution in [0.2, 0.25) is 0 Å². The van der Waals surface area contributed by atoms with Crippen LogP contribution in [0, 0.1) is 0 Å². The Morgan fingerprint density at radius 3 is 2.65 bits per heavy atom. The lowest BCUT2D eigenvalue weighted by Gasteiger charge is -2.30. The van der Waals surface area contributed by atoms with Gasteiger partial charge in [0.15, 0.2) is 0 Å². The van der Waals surface area contributed by atoms with Gasteiger partial charge in [-0.3, -0.25) is 9.69 Å². The van der Waals surface area contributed by atoms with E-state index in [0.29, 0.717) is 25.2 Å². The summed E-state index contributed by atoms with van der Waals surface area (Å²) in [5.74, 6) is -0.264. The van der Waals surface area contributed by atoms with Gasteiger partial charge in [-0.05, 0) is 26.3 Å². The molecule has 1 rings (SSSR count). The highest BCUT2D eigenvalue weighted by Crippen LogP contribution is 2.19. The average Bonchev–Trinajstić information content (AvgIpc) is 3.07. The second-order valence-corrected chi connectivity index (χ2v) is 4.79. The fourth-order valence-corrected chi connectivity index (χ4v) is 1.96. The van der Waals surface area contributed by atoms with E-state index < -0.39 is 0 Å². The Balaban J connectivity index is 2.46. The van der Waals surface area contributed by atoms with Gasteiger partial charge < -0.3 is 15.8 Å². The molecule has 0 aliphatic heterocycles. The van der Waals surface area contributed by atoms with Crippen molar-refractivity contribution in [3.63, 3.8) is 0 Å². The number of amides is 1. The molecule has 2 atom stereocenters. The lowest BCUT2D eigenvalue weighted by molar-refractivity contribution is -0.120. The van der Waals surface area contributed by atoms with Crippen molar-refractivity contribution in [1.29, 1.82) is 0 Å². The fraction of sp³-hybridized carbons (Fsp3) is 0.917. The average molecular weight is 243 g/mol. The standard InChI is InChI=1S/C12H25N3O2/c1-4-15(9(2)8-17-3)7-11(12(13)16)14-10-5-6-10/h9-11,14H,4-8H2,1-3H3,(H2,13,16). The number of primary amides is 1. The van der Waals surface area contributed by atoms with Crippen LogP contribution in [0.5, 0.6) is 0 Å². The van der Waals surface area contributed by atoms with E-state index in [0.717, 1.165) is 19.4 Å². The largest absolute Gasteiger partial charge is 0.383 e. The highest BCUT2D eigenvalue weighted by molar-refractivity contribution is 5.80. The van der Waals surface area contributed by atoms with Gasteiger partial charge in [0.05, 0.1) is 12.6 Å². The smallest absolute Gasteiger partial charge is 0.235 e. The lowest BCUT2D eigenvalue weighted by atomic mass is 10.2. The number of rotatable bonds is 9. The first-order valence-corrected chi connectivity index (χ1v) is 6.36. The van der Waals surface area contributed by atoms with Crippen LogP contribution in [-0.2, 0) is 9.53 Å². The van der Waals surface area contributed by atoms with Gasteiger partial charge >= 0.3 is 0 Å². The van der Waals surface area contributed by atoms with Gasteiger partial charge in [0.1, 0.15) is 0 Å². The highest BCUT2D eigenvalue weighted by Gasteiger charge is 2.29. The van der Waals surface area contributed by atoms with E-state index in [2.05, 4.69) is 24.1 Å². The van der Waals surface area contributed by atoms with Crippen molar-refractivity contribution in [3.8, 4) is 0 Å². The van der Waals surface area contributed by atoms with Gasteiger partial charge in [-0.1, -0.05) is 6.92 Å². The molecule has 0 radical (unpaired) electrons. The van der Waals surface area contributed by atoms with Crippen molar-refractivity contribution in [2.24, 2.45) is 5.73 Å². The van der Waals surface area contributed by atoms with Gasteiger partial charge in [0, 0.05) is 25.7 Å². The molecule has 2 unspecified atom stereocenters. The first-order chi connectivity index (χ1) is 8.08. The molecule has 0 saturated heterocycles.